The minimum atomic E-state index is -0.328. The molecular weight excluding hydrogens is 342 g/mol. The van der Waals surface area contributed by atoms with Crippen molar-refractivity contribution in [1.29, 1.82) is 0 Å². The van der Waals surface area contributed by atoms with Crippen molar-refractivity contribution in [2.24, 2.45) is 0 Å². The maximum atomic E-state index is 12.3. The van der Waals surface area contributed by atoms with E-state index in [4.69, 9.17) is 5.73 Å². The van der Waals surface area contributed by atoms with Crippen molar-refractivity contribution < 1.29 is 9.59 Å². The zero-order valence-electron chi connectivity index (χ0n) is 15.2. The summed E-state index contributed by atoms with van der Waals surface area (Å²) in [5, 5.41) is 6.25. The van der Waals surface area contributed by atoms with Crippen LogP contribution in [0, 0.1) is 6.92 Å². The highest BCUT2D eigenvalue weighted by molar-refractivity contribution is 5.99. The number of nitrogens with two attached hydrogens (primary N) is 1. The van der Waals surface area contributed by atoms with Crippen LogP contribution in [0.3, 0.4) is 0 Å². The first kappa shape index (κ1) is 18.3. The van der Waals surface area contributed by atoms with E-state index in [2.05, 4.69) is 20.6 Å². The van der Waals surface area contributed by atoms with Gasteiger partial charge in [-0.15, -0.1) is 0 Å². The van der Waals surface area contributed by atoms with E-state index in [9.17, 15) is 9.59 Å². The lowest BCUT2D eigenvalue weighted by Gasteiger charge is -2.09. The molecule has 27 heavy (non-hydrogen) atoms. The van der Waals surface area contributed by atoms with Crippen molar-refractivity contribution in [1.82, 2.24) is 20.6 Å². The number of anilines is 1. The summed E-state index contributed by atoms with van der Waals surface area (Å²) in [6.07, 6.45) is 2.26. The number of rotatable bonds is 5. The number of nitrogen functional groups attached to an aromatic ring is 1. The van der Waals surface area contributed by atoms with Crippen LogP contribution >= 0.6 is 0 Å². The van der Waals surface area contributed by atoms with Gasteiger partial charge in [0.25, 0.3) is 11.8 Å². The molecular formula is C20H21N5O2. The van der Waals surface area contributed by atoms with Gasteiger partial charge < -0.3 is 16.4 Å². The summed E-state index contributed by atoms with van der Waals surface area (Å²) < 4.78 is 0. The van der Waals surface area contributed by atoms with E-state index < -0.39 is 0 Å². The molecule has 2 amide bonds. The summed E-state index contributed by atoms with van der Waals surface area (Å²) in [6.45, 7) is 2.38. The van der Waals surface area contributed by atoms with Crippen LogP contribution < -0.4 is 16.4 Å². The first-order chi connectivity index (χ1) is 13.0. The zero-order chi connectivity index (χ0) is 19.4. The molecule has 2 aromatic carbocycles. The van der Waals surface area contributed by atoms with E-state index in [0.29, 0.717) is 29.7 Å². The van der Waals surface area contributed by atoms with E-state index in [1.165, 1.54) is 7.05 Å². The number of benzene rings is 2. The maximum Gasteiger partial charge on any atom is 0.288 e. The molecule has 1 aromatic heterocycles. The Kier molecular flexibility index (Phi) is 5.30. The lowest BCUT2D eigenvalue weighted by Crippen LogP contribution is -2.26. The topological polar surface area (TPSA) is 110 Å². The third kappa shape index (κ3) is 4.20. The van der Waals surface area contributed by atoms with E-state index >= 15 is 0 Å². The van der Waals surface area contributed by atoms with Gasteiger partial charge in [-0.3, -0.25) is 9.59 Å². The number of amides is 2. The van der Waals surface area contributed by atoms with Crippen molar-refractivity contribution in [2.75, 3.05) is 19.3 Å². The molecule has 0 fully saturated rings. The van der Waals surface area contributed by atoms with Gasteiger partial charge in [-0.25, -0.2) is 9.97 Å². The lowest BCUT2D eigenvalue weighted by molar-refractivity contribution is 0.0946. The number of nitrogens with zero attached hydrogens (tertiary/aromatic N) is 2. The molecule has 0 aliphatic heterocycles. The zero-order valence-corrected chi connectivity index (χ0v) is 15.2. The van der Waals surface area contributed by atoms with Crippen molar-refractivity contribution >= 4 is 28.4 Å². The van der Waals surface area contributed by atoms with Crippen LogP contribution in [0.25, 0.3) is 10.9 Å². The van der Waals surface area contributed by atoms with E-state index in [0.717, 1.165) is 16.5 Å². The van der Waals surface area contributed by atoms with Gasteiger partial charge in [-0.1, -0.05) is 23.8 Å². The molecule has 3 aromatic rings. The predicted octanol–water partition coefficient (Wildman–Crippen LogP) is 1.85. The van der Waals surface area contributed by atoms with Crippen molar-refractivity contribution in [3.63, 3.8) is 0 Å². The Morgan fingerprint density at radius 1 is 1.11 bits per heavy atom. The minimum absolute atomic E-state index is 0.130. The number of fused-ring (bicyclic) bond motifs is 1. The Labute approximate surface area is 157 Å². The molecule has 138 valence electrons. The third-order valence-electron chi connectivity index (χ3n) is 4.23. The van der Waals surface area contributed by atoms with Gasteiger partial charge in [0.15, 0.2) is 0 Å². The second-order valence-electron chi connectivity index (χ2n) is 6.26. The maximum absolute atomic E-state index is 12.3. The average molecular weight is 363 g/mol. The normalized spacial score (nSPS) is 10.6. The van der Waals surface area contributed by atoms with Crippen LogP contribution in [0.2, 0.25) is 0 Å². The molecule has 0 aliphatic rings. The summed E-state index contributed by atoms with van der Waals surface area (Å²) in [6, 6.07) is 11.1. The average Bonchev–Trinajstić information content (AvgIpc) is 2.68. The Morgan fingerprint density at radius 2 is 1.93 bits per heavy atom. The molecule has 3 rings (SSSR count). The highest BCUT2D eigenvalue weighted by Gasteiger charge is 2.10. The molecule has 0 saturated carbocycles. The Bertz CT molecular complexity index is 1020. The molecule has 0 radical (unpaired) electrons. The second-order valence-corrected chi connectivity index (χ2v) is 6.26. The molecule has 0 atom stereocenters. The molecule has 0 spiro atoms. The third-order valence-corrected chi connectivity index (χ3v) is 4.23. The summed E-state index contributed by atoms with van der Waals surface area (Å²) in [5.74, 6) is -0.392. The molecule has 7 heteroatoms. The molecule has 1 heterocycles. The monoisotopic (exact) mass is 363 g/mol. The summed E-state index contributed by atoms with van der Waals surface area (Å²) in [4.78, 5) is 32.3. The van der Waals surface area contributed by atoms with Crippen LogP contribution in [0.4, 0.5) is 5.69 Å². The Hall–Kier alpha value is -3.48. The van der Waals surface area contributed by atoms with Gasteiger partial charge in [-0.2, -0.15) is 0 Å². The predicted molar refractivity (Wildman–Crippen MR) is 105 cm³/mol. The smallest absolute Gasteiger partial charge is 0.288 e. The van der Waals surface area contributed by atoms with Crippen molar-refractivity contribution in [2.45, 2.75) is 13.3 Å². The second kappa shape index (κ2) is 7.82. The fourth-order valence-corrected chi connectivity index (χ4v) is 2.73. The number of nitrogens with one attached hydrogen (secondary N) is 2. The van der Waals surface area contributed by atoms with Crippen LogP contribution in [0.1, 0.15) is 32.1 Å². The highest BCUT2D eigenvalue weighted by Crippen LogP contribution is 2.15. The molecule has 0 aliphatic carbocycles. The molecule has 0 bridgehead atoms. The standard InChI is InChI=1S/C20H21N5O2/c1-12-3-6-16(21)15(9-12)19(26)23-8-7-13-4-5-14-11-24-18(20(27)22-2)25-17(14)10-13/h3-6,9-11H,7-8,21H2,1-2H3,(H,22,27)(H,23,26). The Morgan fingerprint density at radius 3 is 2.70 bits per heavy atom. The van der Waals surface area contributed by atoms with Gasteiger partial charge in [0.1, 0.15) is 0 Å². The number of hydrogen-bond acceptors (Lipinski definition) is 5. The van der Waals surface area contributed by atoms with E-state index in [1.807, 2.05) is 31.2 Å². The van der Waals surface area contributed by atoms with Gasteiger partial charge in [0, 0.05) is 30.9 Å². The summed E-state index contributed by atoms with van der Waals surface area (Å²) >= 11 is 0. The SMILES string of the molecule is CNC(=O)c1ncc2ccc(CCNC(=O)c3cc(C)ccc3N)cc2n1. The van der Waals surface area contributed by atoms with Crippen LogP contribution in [0.5, 0.6) is 0 Å². The number of hydrogen-bond donors (Lipinski definition) is 3. The number of carbonyl (C=O) groups excluding carboxylic acids is 2. The molecule has 4 N–H and O–H groups in total. The van der Waals surface area contributed by atoms with Crippen molar-refractivity contribution in [3.8, 4) is 0 Å². The Balaban J connectivity index is 1.68. The van der Waals surface area contributed by atoms with E-state index in [-0.39, 0.29) is 17.6 Å². The van der Waals surface area contributed by atoms with Crippen LogP contribution in [-0.2, 0) is 6.42 Å². The van der Waals surface area contributed by atoms with E-state index in [1.54, 1.807) is 18.3 Å². The first-order valence-corrected chi connectivity index (χ1v) is 8.60. The fraction of sp³-hybridized carbons (Fsp3) is 0.200. The van der Waals surface area contributed by atoms with Crippen LogP contribution in [-0.4, -0.2) is 35.4 Å². The lowest BCUT2D eigenvalue weighted by atomic mass is 10.1. The van der Waals surface area contributed by atoms with Crippen LogP contribution in [0.15, 0.2) is 42.6 Å². The number of aromatic nitrogens is 2. The molecule has 0 saturated heterocycles. The van der Waals surface area contributed by atoms with Gasteiger partial charge in [-0.05, 0) is 37.1 Å². The number of carbonyl (C=O) groups is 2. The van der Waals surface area contributed by atoms with Crippen molar-refractivity contribution in [3.05, 3.63) is 65.1 Å². The molecule has 7 nitrogen and oxygen atoms in total. The fourth-order valence-electron chi connectivity index (χ4n) is 2.73. The molecule has 0 unspecified atom stereocenters. The summed E-state index contributed by atoms with van der Waals surface area (Å²) in [7, 11) is 1.54. The van der Waals surface area contributed by atoms with Gasteiger partial charge in [0.05, 0.1) is 11.1 Å². The minimum Gasteiger partial charge on any atom is -0.398 e. The quantitative estimate of drug-likeness (QED) is 0.599. The van der Waals surface area contributed by atoms with Gasteiger partial charge in [0.2, 0.25) is 5.82 Å². The summed E-state index contributed by atoms with van der Waals surface area (Å²) in [5.41, 5.74) is 9.49. The number of aryl methyl sites for hydroxylation is 1. The first-order valence-electron chi connectivity index (χ1n) is 8.60. The highest BCUT2D eigenvalue weighted by atomic mass is 16.2. The van der Waals surface area contributed by atoms with Gasteiger partial charge >= 0.3 is 0 Å². The largest absolute Gasteiger partial charge is 0.398 e.